The number of nitrogens with zero attached hydrogens (tertiary/aromatic N) is 1. The molecule has 3 amide bonds. The molecule has 1 saturated heterocycles. The summed E-state index contributed by atoms with van der Waals surface area (Å²) in [4.78, 5) is 27.0. The number of nitrogens with one attached hydrogen (secondary N) is 2. The minimum atomic E-state index is -0.339. The first kappa shape index (κ1) is 21.5. The topological polar surface area (TPSA) is 79.9 Å². The summed E-state index contributed by atoms with van der Waals surface area (Å²) < 4.78 is 10.7. The van der Waals surface area contributed by atoms with Crippen LogP contribution >= 0.6 is 0 Å². The van der Waals surface area contributed by atoms with Crippen molar-refractivity contribution in [1.29, 1.82) is 0 Å². The van der Waals surface area contributed by atoms with Crippen LogP contribution in [0, 0.1) is 6.92 Å². The molecule has 2 aromatic rings. The Bertz CT molecular complexity index is 923. The van der Waals surface area contributed by atoms with Gasteiger partial charge in [0.25, 0.3) is 5.91 Å². The lowest BCUT2D eigenvalue weighted by Gasteiger charge is -2.19. The highest BCUT2D eigenvalue weighted by Gasteiger charge is 2.20. The van der Waals surface area contributed by atoms with Gasteiger partial charge in [-0.25, -0.2) is 4.79 Å². The van der Waals surface area contributed by atoms with E-state index in [4.69, 9.17) is 9.47 Å². The second kappa shape index (κ2) is 9.52. The number of rotatable bonds is 6. The Balaban J connectivity index is 1.66. The smallest absolute Gasteiger partial charge is 0.319 e. The molecule has 1 aliphatic heterocycles. The Kier molecular flexibility index (Phi) is 6.82. The molecule has 7 heteroatoms. The van der Waals surface area contributed by atoms with Crippen LogP contribution in [0.15, 0.2) is 36.4 Å². The lowest BCUT2D eigenvalue weighted by Crippen LogP contribution is -2.31. The van der Waals surface area contributed by atoms with Gasteiger partial charge in [0, 0.05) is 29.9 Å². The molecule has 1 fully saturated rings. The number of hydrogen-bond donors (Lipinski definition) is 2. The van der Waals surface area contributed by atoms with Crippen molar-refractivity contribution in [2.45, 2.75) is 32.7 Å². The van der Waals surface area contributed by atoms with Crippen LogP contribution in [0.3, 0.4) is 0 Å². The van der Waals surface area contributed by atoms with Gasteiger partial charge in [-0.15, -0.1) is 0 Å². The number of anilines is 1. The standard InChI is InChI=1S/C23H29N3O4/c1-15-13-17(22(27)26-11-5-6-12-26)7-9-20(15)25-23(28)24-16(2)19-14-18(29-3)8-10-21(19)30-4/h7-10,13-14,16H,5-6,11-12H2,1-4H3,(H2,24,25,28). The van der Waals surface area contributed by atoms with Crippen molar-refractivity contribution in [2.24, 2.45) is 0 Å². The zero-order valence-electron chi connectivity index (χ0n) is 18.0. The quantitative estimate of drug-likeness (QED) is 0.749. The second-order valence-electron chi connectivity index (χ2n) is 7.46. The van der Waals surface area contributed by atoms with Crippen LogP contribution in [0.2, 0.25) is 0 Å². The molecule has 1 atom stereocenters. The Labute approximate surface area is 177 Å². The first-order valence-corrected chi connectivity index (χ1v) is 10.1. The van der Waals surface area contributed by atoms with Crippen LogP contribution in [0.5, 0.6) is 11.5 Å². The van der Waals surface area contributed by atoms with E-state index in [0.717, 1.165) is 37.1 Å². The Morgan fingerprint density at radius 3 is 2.40 bits per heavy atom. The third kappa shape index (κ3) is 4.84. The largest absolute Gasteiger partial charge is 0.497 e. The number of benzene rings is 2. The second-order valence-corrected chi connectivity index (χ2v) is 7.46. The van der Waals surface area contributed by atoms with Gasteiger partial charge < -0.3 is 25.0 Å². The number of methoxy groups -OCH3 is 2. The molecule has 1 unspecified atom stereocenters. The van der Waals surface area contributed by atoms with E-state index in [9.17, 15) is 9.59 Å². The van der Waals surface area contributed by atoms with Crippen LogP contribution < -0.4 is 20.1 Å². The summed E-state index contributed by atoms with van der Waals surface area (Å²) in [7, 11) is 3.18. The highest BCUT2D eigenvalue weighted by atomic mass is 16.5. The first-order valence-electron chi connectivity index (χ1n) is 10.1. The third-order valence-corrected chi connectivity index (χ3v) is 5.37. The van der Waals surface area contributed by atoms with Gasteiger partial charge in [0.05, 0.1) is 20.3 Å². The van der Waals surface area contributed by atoms with Crippen LogP contribution in [0.4, 0.5) is 10.5 Å². The van der Waals surface area contributed by atoms with Crippen molar-refractivity contribution in [3.05, 3.63) is 53.1 Å². The molecule has 2 aromatic carbocycles. The zero-order chi connectivity index (χ0) is 21.7. The van der Waals surface area contributed by atoms with Crippen LogP contribution in [-0.2, 0) is 0 Å². The van der Waals surface area contributed by atoms with Gasteiger partial charge in [0.1, 0.15) is 11.5 Å². The number of likely N-dealkylation sites (tertiary alicyclic amines) is 1. The van der Waals surface area contributed by atoms with E-state index in [1.807, 2.05) is 43.0 Å². The van der Waals surface area contributed by atoms with Crippen molar-refractivity contribution < 1.29 is 19.1 Å². The highest BCUT2D eigenvalue weighted by Crippen LogP contribution is 2.29. The van der Waals surface area contributed by atoms with Gasteiger partial charge in [0.2, 0.25) is 0 Å². The molecule has 0 bridgehead atoms. The maximum atomic E-state index is 12.6. The molecule has 2 N–H and O–H groups in total. The number of carbonyl (C=O) groups excluding carboxylic acids is 2. The minimum absolute atomic E-state index is 0.0466. The third-order valence-electron chi connectivity index (χ3n) is 5.37. The number of hydrogen-bond acceptors (Lipinski definition) is 4. The van der Waals surface area contributed by atoms with Crippen LogP contribution in [0.25, 0.3) is 0 Å². The van der Waals surface area contributed by atoms with Crippen molar-refractivity contribution >= 4 is 17.6 Å². The monoisotopic (exact) mass is 411 g/mol. The highest BCUT2D eigenvalue weighted by molar-refractivity contribution is 5.96. The summed E-state index contributed by atoms with van der Waals surface area (Å²) >= 11 is 0. The summed E-state index contributed by atoms with van der Waals surface area (Å²) in [6, 6.07) is 10.2. The normalized spacial score (nSPS) is 14.2. The van der Waals surface area contributed by atoms with E-state index >= 15 is 0 Å². The molecule has 1 aliphatic rings. The summed E-state index contributed by atoms with van der Waals surface area (Å²) in [5.41, 5.74) is 2.96. The number of urea groups is 1. The average Bonchev–Trinajstić information content (AvgIpc) is 3.29. The molecule has 160 valence electrons. The van der Waals surface area contributed by atoms with Crippen molar-refractivity contribution in [1.82, 2.24) is 10.2 Å². The fourth-order valence-corrected chi connectivity index (χ4v) is 3.65. The van der Waals surface area contributed by atoms with Gasteiger partial charge in [0.15, 0.2) is 0 Å². The van der Waals surface area contributed by atoms with E-state index in [-0.39, 0.29) is 18.0 Å². The number of amides is 3. The molecule has 0 spiro atoms. The van der Waals surface area contributed by atoms with E-state index in [1.165, 1.54) is 0 Å². The summed E-state index contributed by atoms with van der Waals surface area (Å²) in [6.07, 6.45) is 2.11. The minimum Gasteiger partial charge on any atom is -0.497 e. The lowest BCUT2D eigenvalue weighted by atomic mass is 10.1. The average molecular weight is 412 g/mol. The maximum Gasteiger partial charge on any atom is 0.319 e. The van der Waals surface area contributed by atoms with E-state index in [0.29, 0.717) is 22.7 Å². The molecule has 30 heavy (non-hydrogen) atoms. The predicted molar refractivity (Wildman–Crippen MR) is 116 cm³/mol. The molecular formula is C23H29N3O4. The number of aryl methyl sites for hydroxylation is 1. The maximum absolute atomic E-state index is 12.6. The van der Waals surface area contributed by atoms with E-state index < -0.39 is 0 Å². The van der Waals surface area contributed by atoms with Crippen molar-refractivity contribution in [2.75, 3.05) is 32.6 Å². The Morgan fingerprint density at radius 2 is 1.77 bits per heavy atom. The molecule has 3 rings (SSSR count). The molecule has 0 saturated carbocycles. The van der Waals surface area contributed by atoms with Gasteiger partial charge >= 0.3 is 6.03 Å². The summed E-state index contributed by atoms with van der Waals surface area (Å²) in [5, 5.41) is 5.78. The molecule has 0 radical (unpaired) electrons. The van der Waals surface area contributed by atoms with Gasteiger partial charge in [-0.1, -0.05) is 0 Å². The van der Waals surface area contributed by atoms with E-state index in [2.05, 4.69) is 10.6 Å². The van der Waals surface area contributed by atoms with Crippen LogP contribution in [-0.4, -0.2) is 44.1 Å². The number of carbonyl (C=O) groups is 2. The van der Waals surface area contributed by atoms with Gasteiger partial charge in [-0.3, -0.25) is 4.79 Å². The first-order chi connectivity index (χ1) is 14.4. The van der Waals surface area contributed by atoms with Crippen molar-refractivity contribution in [3.63, 3.8) is 0 Å². The zero-order valence-corrected chi connectivity index (χ0v) is 18.0. The molecule has 1 heterocycles. The molecule has 7 nitrogen and oxygen atoms in total. The van der Waals surface area contributed by atoms with Crippen LogP contribution in [0.1, 0.15) is 47.3 Å². The molecule has 0 aromatic heterocycles. The molecular weight excluding hydrogens is 382 g/mol. The predicted octanol–water partition coefficient (Wildman–Crippen LogP) is 4.13. The SMILES string of the molecule is COc1ccc(OC)c(C(C)NC(=O)Nc2ccc(C(=O)N3CCCC3)cc2C)c1. The fourth-order valence-electron chi connectivity index (χ4n) is 3.65. The lowest BCUT2D eigenvalue weighted by molar-refractivity contribution is 0.0792. The summed E-state index contributed by atoms with van der Waals surface area (Å²) in [6.45, 7) is 5.38. The Hall–Kier alpha value is -3.22. The van der Waals surface area contributed by atoms with Crippen molar-refractivity contribution in [3.8, 4) is 11.5 Å². The van der Waals surface area contributed by atoms with Gasteiger partial charge in [-0.2, -0.15) is 0 Å². The fraction of sp³-hybridized carbons (Fsp3) is 0.391. The van der Waals surface area contributed by atoms with E-state index in [1.54, 1.807) is 26.4 Å². The Morgan fingerprint density at radius 1 is 1.03 bits per heavy atom. The molecule has 0 aliphatic carbocycles. The summed E-state index contributed by atoms with van der Waals surface area (Å²) in [5.74, 6) is 1.41. The number of ether oxygens (including phenoxy) is 2. The van der Waals surface area contributed by atoms with Gasteiger partial charge in [-0.05, 0) is 68.7 Å².